The summed E-state index contributed by atoms with van der Waals surface area (Å²) in [5.74, 6) is -1.31. The highest BCUT2D eigenvalue weighted by Crippen LogP contribution is 2.00. The predicted molar refractivity (Wildman–Crippen MR) is 69.2 cm³/mol. The van der Waals surface area contributed by atoms with E-state index < -0.39 is 5.97 Å². The third-order valence-corrected chi connectivity index (χ3v) is 1.85. The third kappa shape index (κ3) is 14.4. The van der Waals surface area contributed by atoms with Crippen LogP contribution >= 0.6 is 0 Å². The molecule has 0 atom stereocenters. The van der Waals surface area contributed by atoms with Gasteiger partial charge in [-0.3, -0.25) is 0 Å². The summed E-state index contributed by atoms with van der Waals surface area (Å²) in [6.07, 6.45) is 4.00. The number of carbonyl (C=O) groups excluding carboxylic acids is 1. The van der Waals surface area contributed by atoms with Crippen molar-refractivity contribution in [3.63, 3.8) is 0 Å². The normalized spacial score (nSPS) is 8.78. The average Bonchev–Trinajstić information content (AvgIpc) is 2.36. The number of aliphatic carboxylic acids is 1. The monoisotopic (exact) mass is 258 g/mol. The van der Waals surface area contributed by atoms with Gasteiger partial charge >= 0.3 is 11.9 Å². The molecule has 5 heteroatoms. The molecule has 0 radical (unpaired) electrons. The fourth-order valence-electron chi connectivity index (χ4n) is 0.775. The van der Waals surface area contributed by atoms with Gasteiger partial charge < -0.3 is 14.9 Å². The SMILES string of the molecule is C=C(CCCO)C(=O)O.C=CC(=O)OCCCC. The van der Waals surface area contributed by atoms with Crippen molar-refractivity contribution in [3.8, 4) is 0 Å². The van der Waals surface area contributed by atoms with E-state index in [0.717, 1.165) is 12.8 Å². The number of aliphatic hydroxyl groups excluding tert-OH is 1. The van der Waals surface area contributed by atoms with Gasteiger partial charge in [-0.25, -0.2) is 9.59 Å². The van der Waals surface area contributed by atoms with Crippen molar-refractivity contribution >= 4 is 11.9 Å². The molecule has 0 rings (SSSR count). The quantitative estimate of drug-likeness (QED) is 0.395. The van der Waals surface area contributed by atoms with Crippen LogP contribution in [0.4, 0.5) is 0 Å². The molecule has 2 N–H and O–H groups in total. The number of unbranched alkanes of at least 4 members (excludes halogenated alkanes) is 1. The molecule has 0 amide bonds. The molecule has 0 aliphatic rings. The van der Waals surface area contributed by atoms with Crippen LogP contribution in [0.3, 0.4) is 0 Å². The van der Waals surface area contributed by atoms with Gasteiger partial charge in [0, 0.05) is 18.3 Å². The Labute approximate surface area is 108 Å². The zero-order chi connectivity index (χ0) is 14.4. The number of rotatable bonds is 8. The van der Waals surface area contributed by atoms with E-state index in [0.29, 0.717) is 19.4 Å². The van der Waals surface area contributed by atoms with Crippen LogP contribution in [0.2, 0.25) is 0 Å². The Morgan fingerprint density at radius 1 is 1.33 bits per heavy atom. The molecule has 0 fully saturated rings. The van der Waals surface area contributed by atoms with E-state index in [2.05, 4.69) is 17.9 Å². The maximum Gasteiger partial charge on any atom is 0.330 e. The first-order valence-corrected chi connectivity index (χ1v) is 5.80. The van der Waals surface area contributed by atoms with Crippen LogP contribution in [0.5, 0.6) is 0 Å². The molecule has 0 unspecified atom stereocenters. The molecule has 0 aliphatic carbocycles. The van der Waals surface area contributed by atoms with Crippen LogP contribution in [-0.2, 0) is 14.3 Å². The lowest BCUT2D eigenvalue weighted by atomic mass is 10.2. The molecular weight excluding hydrogens is 236 g/mol. The van der Waals surface area contributed by atoms with Crippen molar-refractivity contribution in [2.75, 3.05) is 13.2 Å². The summed E-state index contributed by atoms with van der Waals surface area (Å²) in [5.41, 5.74) is 0.157. The van der Waals surface area contributed by atoms with Gasteiger partial charge in [0.2, 0.25) is 0 Å². The molecule has 0 aromatic heterocycles. The van der Waals surface area contributed by atoms with Crippen molar-refractivity contribution in [2.45, 2.75) is 32.6 Å². The van der Waals surface area contributed by atoms with Gasteiger partial charge in [0.05, 0.1) is 6.61 Å². The molecule has 104 valence electrons. The van der Waals surface area contributed by atoms with Crippen molar-refractivity contribution in [1.29, 1.82) is 0 Å². The van der Waals surface area contributed by atoms with E-state index in [9.17, 15) is 9.59 Å². The molecule has 5 nitrogen and oxygen atoms in total. The lowest BCUT2D eigenvalue weighted by Crippen LogP contribution is -2.00. The summed E-state index contributed by atoms with van der Waals surface area (Å²) >= 11 is 0. The van der Waals surface area contributed by atoms with Gasteiger partial charge in [-0.05, 0) is 19.3 Å². The number of hydrogen-bond acceptors (Lipinski definition) is 4. The second kappa shape index (κ2) is 13.4. The number of ether oxygens (including phenoxy) is 1. The number of esters is 1. The Morgan fingerprint density at radius 3 is 2.33 bits per heavy atom. The molecule has 18 heavy (non-hydrogen) atoms. The molecule has 0 aromatic rings. The third-order valence-electron chi connectivity index (χ3n) is 1.85. The van der Waals surface area contributed by atoms with Gasteiger partial charge in [0.15, 0.2) is 0 Å². The fourth-order valence-corrected chi connectivity index (χ4v) is 0.775. The zero-order valence-corrected chi connectivity index (χ0v) is 10.9. The van der Waals surface area contributed by atoms with E-state index in [4.69, 9.17) is 10.2 Å². The zero-order valence-electron chi connectivity index (χ0n) is 10.9. The first kappa shape index (κ1) is 18.7. The number of carboxylic acids is 1. The topological polar surface area (TPSA) is 83.8 Å². The van der Waals surface area contributed by atoms with E-state index in [-0.39, 0.29) is 18.1 Å². The lowest BCUT2D eigenvalue weighted by Gasteiger charge is -1.97. The minimum Gasteiger partial charge on any atom is -0.478 e. The van der Waals surface area contributed by atoms with E-state index in [1.165, 1.54) is 6.08 Å². The minimum atomic E-state index is -0.983. The maximum atomic E-state index is 10.3. The van der Waals surface area contributed by atoms with Crippen molar-refractivity contribution < 1.29 is 24.5 Å². The van der Waals surface area contributed by atoms with Crippen LogP contribution in [0.1, 0.15) is 32.6 Å². The summed E-state index contributed by atoms with van der Waals surface area (Å²) in [4.78, 5) is 20.4. The average molecular weight is 258 g/mol. The van der Waals surface area contributed by atoms with Crippen LogP contribution in [0.15, 0.2) is 24.8 Å². The standard InChI is InChI=1S/C7H12O2.C6H10O3/c1-3-5-6-9-7(8)4-2;1-5(6(8)9)3-2-4-7/h4H,2-3,5-6H2,1H3;7H,1-4H2,(H,8,9). The highest BCUT2D eigenvalue weighted by atomic mass is 16.5. The number of aliphatic hydroxyl groups is 1. The van der Waals surface area contributed by atoms with Gasteiger partial charge in [0.1, 0.15) is 0 Å². The summed E-state index contributed by atoms with van der Waals surface area (Å²) < 4.78 is 4.67. The van der Waals surface area contributed by atoms with Crippen LogP contribution in [0.25, 0.3) is 0 Å². The molecular formula is C13H22O5. The number of carbonyl (C=O) groups is 2. The molecule has 0 aromatic carbocycles. The van der Waals surface area contributed by atoms with Crippen LogP contribution in [0, 0.1) is 0 Å². The van der Waals surface area contributed by atoms with Gasteiger partial charge in [-0.2, -0.15) is 0 Å². The Hall–Kier alpha value is -1.62. The lowest BCUT2D eigenvalue weighted by molar-refractivity contribution is -0.138. The van der Waals surface area contributed by atoms with E-state index in [1.807, 2.05) is 6.92 Å². The molecule has 0 aliphatic heterocycles. The van der Waals surface area contributed by atoms with Crippen molar-refractivity contribution in [1.82, 2.24) is 0 Å². The van der Waals surface area contributed by atoms with E-state index >= 15 is 0 Å². The summed E-state index contributed by atoms with van der Waals surface area (Å²) in [7, 11) is 0. The highest BCUT2D eigenvalue weighted by Gasteiger charge is 2.00. The minimum absolute atomic E-state index is 0.0201. The largest absolute Gasteiger partial charge is 0.478 e. The van der Waals surface area contributed by atoms with Crippen molar-refractivity contribution in [3.05, 3.63) is 24.8 Å². The Kier molecular flexibility index (Phi) is 14.0. The number of carboxylic acid groups (broad SMARTS) is 1. The molecule has 0 saturated carbocycles. The fraction of sp³-hybridized carbons (Fsp3) is 0.538. The van der Waals surface area contributed by atoms with Crippen LogP contribution < -0.4 is 0 Å². The summed E-state index contributed by atoms with van der Waals surface area (Å²) in [6, 6.07) is 0. The van der Waals surface area contributed by atoms with Gasteiger partial charge in [-0.15, -0.1) is 0 Å². The van der Waals surface area contributed by atoms with Crippen molar-refractivity contribution in [2.24, 2.45) is 0 Å². The first-order valence-electron chi connectivity index (χ1n) is 5.80. The van der Waals surface area contributed by atoms with Gasteiger partial charge in [-0.1, -0.05) is 26.5 Å². The Morgan fingerprint density at radius 2 is 1.94 bits per heavy atom. The number of hydrogen-bond donors (Lipinski definition) is 2. The van der Waals surface area contributed by atoms with E-state index in [1.54, 1.807) is 0 Å². The predicted octanol–water partition coefficient (Wildman–Crippen LogP) is 1.92. The Balaban J connectivity index is 0. The second-order valence-corrected chi connectivity index (χ2v) is 3.46. The second-order valence-electron chi connectivity index (χ2n) is 3.46. The maximum absolute atomic E-state index is 10.3. The molecule has 0 bridgehead atoms. The molecule has 0 spiro atoms. The molecule has 0 heterocycles. The Bertz CT molecular complexity index is 269. The van der Waals surface area contributed by atoms with Crippen LogP contribution in [-0.4, -0.2) is 35.4 Å². The molecule has 0 saturated heterocycles. The van der Waals surface area contributed by atoms with Gasteiger partial charge in [0.25, 0.3) is 0 Å². The first-order chi connectivity index (χ1) is 8.49. The summed E-state index contributed by atoms with van der Waals surface area (Å²) in [6.45, 7) is 9.12. The summed E-state index contributed by atoms with van der Waals surface area (Å²) in [5, 5.41) is 16.5. The smallest absolute Gasteiger partial charge is 0.330 e. The highest BCUT2D eigenvalue weighted by molar-refractivity contribution is 5.85.